The van der Waals surface area contributed by atoms with Crippen LogP contribution in [0.5, 0.6) is 11.5 Å². The smallest absolute Gasteiger partial charge is 0.228 e. The van der Waals surface area contributed by atoms with Crippen molar-refractivity contribution in [1.82, 2.24) is 0 Å². The summed E-state index contributed by atoms with van der Waals surface area (Å²) in [5.74, 6) is 1.05. The number of alkyl halides is 1. The fourth-order valence-corrected chi connectivity index (χ4v) is 2.49. The molecule has 0 amide bonds. The Morgan fingerprint density at radius 3 is 2.87 bits per heavy atom. The maximum Gasteiger partial charge on any atom is 0.228 e. The van der Waals surface area contributed by atoms with Crippen LogP contribution in [0.25, 0.3) is 0 Å². The molecule has 1 aromatic carbocycles. The minimum absolute atomic E-state index is 0.0261. The summed E-state index contributed by atoms with van der Waals surface area (Å²) in [6.45, 7) is -0.895. The molecule has 5 heteroatoms. The van der Waals surface area contributed by atoms with Crippen LogP contribution in [-0.4, -0.2) is 19.1 Å². The number of carbonyl (C=O) groups is 1. The lowest BCUT2D eigenvalue weighted by atomic mass is 10.1. The van der Waals surface area contributed by atoms with Crippen molar-refractivity contribution in [3.63, 3.8) is 0 Å². The largest absolute Gasteiger partial charge is 0.496 e. The molecule has 0 unspecified atom stereocenters. The number of thioether (sulfide) groups is 1. The fraction of sp³-hybridized carbons (Fsp3) is 0.300. The number of ether oxygens (including phenoxy) is 2. The highest BCUT2D eigenvalue weighted by Crippen LogP contribution is 2.44. The predicted octanol–water partition coefficient (Wildman–Crippen LogP) is 2.18. The van der Waals surface area contributed by atoms with E-state index >= 15 is 0 Å². The van der Waals surface area contributed by atoms with Crippen molar-refractivity contribution in [2.24, 2.45) is 0 Å². The first-order valence-corrected chi connectivity index (χ1v) is 5.17. The first-order valence-electron chi connectivity index (χ1n) is 4.35. The van der Waals surface area contributed by atoms with Gasteiger partial charge in [-0.1, -0.05) is 0 Å². The van der Waals surface area contributed by atoms with Crippen molar-refractivity contribution >= 4 is 16.9 Å². The lowest BCUT2D eigenvalue weighted by Gasteiger charge is -2.09. The molecule has 0 spiro atoms. The Balaban J connectivity index is 2.47. The maximum atomic E-state index is 12.1. The number of hydrogen-bond donors (Lipinski definition) is 0. The molecule has 0 saturated carbocycles. The van der Waals surface area contributed by atoms with Crippen molar-refractivity contribution in [1.29, 1.82) is 0 Å². The molecular weight excluding hydrogens is 219 g/mol. The number of methoxy groups -OCH3 is 1. The molecule has 0 N–H and O–H groups in total. The van der Waals surface area contributed by atoms with Gasteiger partial charge in [0.2, 0.25) is 6.86 Å². The van der Waals surface area contributed by atoms with Crippen LogP contribution in [0, 0.1) is 0 Å². The Labute approximate surface area is 90.6 Å². The van der Waals surface area contributed by atoms with E-state index in [1.165, 1.54) is 0 Å². The third-order valence-corrected chi connectivity index (χ3v) is 3.17. The second kappa shape index (κ2) is 4.10. The molecule has 3 nitrogen and oxygen atoms in total. The summed E-state index contributed by atoms with van der Waals surface area (Å²) in [4.78, 5) is 12.0. The van der Waals surface area contributed by atoms with E-state index in [-0.39, 0.29) is 5.12 Å². The fourth-order valence-electron chi connectivity index (χ4n) is 1.53. The molecule has 0 saturated heterocycles. The molecule has 2 rings (SSSR count). The number of benzene rings is 1. The molecule has 80 valence electrons. The molecule has 1 aliphatic rings. The first-order chi connectivity index (χ1) is 7.26. The van der Waals surface area contributed by atoms with Gasteiger partial charge in [0, 0.05) is 12.0 Å². The summed E-state index contributed by atoms with van der Waals surface area (Å²) >= 11 is 1.08. The maximum absolute atomic E-state index is 12.1. The van der Waals surface area contributed by atoms with Gasteiger partial charge in [-0.3, -0.25) is 4.79 Å². The molecule has 1 aliphatic heterocycles. The molecule has 15 heavy (non-hydrogen) atoms. The van der Waals surface area contributed by atoms with Gasteiger partial charge in [-0.05, 0) is 23.9 Å². The van der Waals surface area contributed by atoms with E-state index in [9.17, 15) is 9.18 Å². The van der Waals surface area contributed by atoms with Crippen molar-refractivity contribution in [3.05, 3.63) is 17.7 Å². The van der Waals surface area contributed by atoms with Gasteiger partial charge in [0.15, 0.2) is 5.12 Å². The van der Waals surface area contributed by atoms with Crippen LogP contribution in [-0.2, 0) is 11.2 Å². The standard InChI is InChI=1S/C10H9FO3S/c1-13-7-2-3-8(14-5-11)10-6(7)4-9(12)15-10/h2-3H,4-5H2,1H3. The van der Waals surface area contributed by atoms with Gasteiger partial charge in [-0.15, -0.1) is 0 Å². The van der Waals surface area contributed by atoms with Crippen LogP contribution in [0.3, 0.4) is 0 Å². The normalized spacial score (nSPS) is 13.9. The summed E-state index contributed by atoms with van der Waals surface area (Å²) in [5.41, 5.74) is 0.790. The summed E-state index contributed by atoms with van der Waals surface area (Å²) in [6, 6.07) is 3.30. The highest BCUT2D eigenvalue weighted by molar-refractivity contribution is 8.14. The second-order valence-electron chi connectivity index (χ2n) is 2.98. The minimum atomic E-state index is -0.895. The van der Waals surface area contributed by atoms with E-state index in [0.717, 1.165) is 17.3 Å². The molecule has 1 aromatic rings. The lowest BCUT2D eigenvalue weighted by Crippen LogP contribution is -1.96. The number of halogens is 1. The first kappa shape index (κ1) is 10.3. The predicted molar refractivity (Wildman–Crippen MR) is 54.2 cm³/mol. The highest BCUT2D eigenvalue weighted by atomic mass is 32.2. The van der Waals surface area contributed by atoms with Crippen molar-refractivity contribution in [2.75, 3.05) is 14.0 Å². The summed E-state index contributed by atoms with van der Waals surface area (Å²) < 4.78 is 22.0. The topological polar surface area (TPSA) is 35.5 Å². The van der Waals surface area contributed by atoms with E-state index < -0.39 is 6.86 Å². The Kier molecular flexibility index (Phi) is 2.81. The van der Waals surface area contributed by atoms with Crippen molar-refractivity contribution in [2.45, 2.75) is 11.3 Å². The van der Waals surface area contributed by atoms with E-state index in [2.05, 4.69) is 0 Å². The van der Waals surface area contributed by atoms with Gasteiger partial charge in [0.25, 0.3) is 0 Å². The van der Waals surface area contributed by atoms with E-state index in [0.29, 0.717) is 22.8 Å². The Morgan fingerprint density at radius 1 is 1.47 bits per heavy atom. The molecular formula is C10H9FO3S. The van der Waals surface area contributed by atoms with Gasteiger partial charge in [0.05, 0.1) is 12.0 Å². The molecule has 0 atom stereocenters. The third kappa shape index (κ3) is 1.79. The summed E-state index contributed by atoms with van der Waals surface area (Å²) in [5, 5.41) is 0.0261. The number of carbonyl (C=O) groups excluding carboxylic acids is 1. The molecule has 0 aliphatic carbocycles. The Hall–Kier alpha value is -1.23. The lowest BCUT2D eigenvalue weighted by molar-refractivity contribution is -0.110. The second-order valence-corrected chi connectivity index (χ2v) is 4.05. The van der Waals surface area contributed by atoms with Gasteiger partial charge in [-0.2, -0.15) is 0 Å². The zero-order chi connectivity index (χ0) is 10.8. The van der Waals surface area contributed by atoms with Crippen LogP contribution < -0.4 is 9.47 Å². The molecule has 0 radical (unpaired) electrons. The average molecular weight is 228 g/mol. The number of fused-ring (bicyclic) bond motifs is 1. The van der Waals surface area contributed by atoms with E-state index in [1.54, 1.807) is 19.2 Å². The zero-order valence-corrected chi connectivity index (χ0v) is 8.90. The number of rotatable bonds is 3. The van der Waals surface area contributed by atoms with Gasteiger partial charge in [0.1, 0.15) is 11.5 Å². The van der Waals surface area contributed by atoms with Crippen molar-refractivity contribution in [3.8, 4) is 11.5 Å². The molecule has 1 heterocycles. The van der Waals surface area contributed by atoms with Crippen LogP contribution in [0.1, 0.15) is 5.56 Å². The molecule has 0 bridgehead atoms. The highest BCUT2D eigenvalue weighted by Gasteiger charge is 2.26. The van der Waals surface area contributed by atoms with E-state index in [4.69, 9.17) is 9.47 Å². The van der Waals surface area contributed by atoms with Crippen LogP contribution in [0.2, 0.25) is 0 Å². The minimum Gasteiger partial charge on any atom is -0.496 e. The van der Waals surface area contributed by atoms with Crippen molar-refractivity contribution < 1.29 is 18.7 Å². The van der Waals surface area contributed by atoms with Crippen LogP contribution in [0.15, 0.2) is 17.0 Å². The summed E-state index contributed by atoms with van der Waals surface area (Å²) in [7, 11) is 1.54. The van der Waals surface area contributed by atoms with E-state index in [1.807, 2.05) is 0 Å². The van der Waals surface area contributed by atoms with Crippen LogP contribution in [0.4, 0.5) is 4.39 Å². The van der Waals surface area contributed by atoms with Crippen LogP contribution >= 0.6 is 11.8 Å². The van der Waals surface area contributed by atoms with Gasteiger partial charge < -0.3 is 9.47 Å². The molecule has 0 fully saturated rings. The SMILES string of the molecule is COc1ccc(OCF)c2c1CC(=O)S2. The average Bonchev–Trinajstić information content (AvgIpc) is 2.61. The Morgan fingerprint density at radius 2 is 2.20 bits per heavy atom. The Bertz CT molecular complexity index is 406. The van der Waals surface area contributed by atoms with Gasteiger partial charge in [-0.25, -0.2) is 4.39 Å². The summed E-state index contributed by atoms with van der Waals surface area (Å²) in [6.07, 6.45) is 0.312. The van der Waals surface area contributed by atoms with Gasteiger partial charge >= 0.3 is 0 Å². The zero-order valence-electron chi connectivity index (χ0n) is 8.08. The monoisotopic (exact) mass is 228 g/mol. The third-order valence-electron chi connectivity index (χ3n) is 2.15. The number of hydrogen-bond acceptors (Lipinski definition) is 4. The quantitative estimate of drug-likeness (QED) is 0.794. The molecule has 0 aromatic heterocycles.